The molecule has 1 atom stereocenters. The molecule has 0 saturated carbocycles. The summed E-state index contributed by atoms with van der Waals surface area (Å²) in [4.78, 5) is 15.3. The number of fused-ring (bicyclic) bond motifs is 7. The summed E-state index contributed by atoms with van der Waals surface area (Å²) < 4.78 is 5.27. The number of hydrogen-bond donors (Lipinski definition) is 0. The third-order valence-electron chi connectivity index (χ3n) is 6.90. The van der Waals surface area contributed by atoms with Gasteiger partial charge in [-0.3, -0.25) is 0 Å². The summed E-state index contributed by atoms with van der Waals surface area (Å²) in [6, 6.07) is 26.7. The monoisotopic (exact) mass is 548 g/mol. The minimum atomic E-state index is -2.91. The van der Waals surface area contributed by atoms with Crippen LogP contribution >= 0.6 is 20.2 Å². The zero-order chi connectivity index (χ0) is 24.1. The van der Waals surface area contributed by atoms with Crippen LogP contribution in [0.4, 0.5) is 0 Å². The Kier molecular flexibility index (Phi) is 6.28. The Hall–Kier alpha value is -1.89. The predicted octanol–water partition coefficient (Wildman–Crippen LogP) is 8.91. The van der Waals surface area contributed by atoms with Crippen molar-refractivity contribution in [1.29, 1.82) is 0 Å². The van der Waals surface area contributed by atoms with E-state index < -0.39 is 11.0 Å². The Morgan fingerprint density at radius 1 is 0.824 bits per heavy atom. The van der Waals surface area contributed by atoms with Crippen molar-refractivity contribution in [3.05, 3.63) is 72.8 Å². The fraction of sp³-hybridized carbons (Fsp3) is 0.276. The van der Waals surface area contributed by atoms with Gasteiger partial charge in [-0.1, -0.05) is 0 Å². The van der Waals surface area contributed by atoms with Crippen molar-refractivity contribution in [2.24, 2.45) is 5.92 Å². The van der Waals surface area contributed by atoms with Crippen LogP contribution in [-0.4, -0.2) is 24.1 Å². The Morgan fingerprint density at radius 3 is 1.74 bits per heavy atom. The quantitative estimate of drug-likeness (QED) is 0.189. The molecule has 1 aliphatic rings. The molecule has 2 nitrogen and oxygen atoms in total. The summed E-state index contributed by atoms with van der Waals surface area (Å²) in [5.41, 5.74) is 2.70. The molecule has 4 aromatic rings. The predicted molar refractivity (Wildman–Crippen MR) is 150 cm³/mol. The molecule has 0 unspecified atom stereocenters. The Balaban J connectivity index is 1.85. The van der Waals surface area contributed by atoms with Crippen LogP contribution in [0.3, 0.4) is 0 Å². The van der Waals surface area contributed by atoms with E-state index in [-0.39, 0.29) is 16.1 Å². The Bertz CT molecular complexity index is 1320. The number of esters is 1. The maximum atomic E-state index is 12.6. The van der Waals surface area contributed by atoms with E-state index in [9.17, 15) is 4.79 Å². The van der Waals surface area contributed by atoms with E-state index in [1.54, 1.807) is 0 Å². The van der Waals surface area contributed by atoms with Crippen molar-refractivity contribution in [2.45, 2.75) is 47.0 Å². The summed E-state index contributed by atoms with van der Waals surface area (Å²) in [5, 5.41) is 6.05. The minimum absolute atomic E-state index is 0.0998. The van der Waals surface area contributed by atoms with Crippen molar-refractivity contribution in [3.63, 3.8) is 0 Å². The second kappa shape index (κ2) is 8.96. The first-order chi connectivity index (χ1) is 16.2. The van der Waals surface area contributed by atoms with Gasteiger partial charge in [0.2, 0.25) is 0 Å². The zero-order valence-electron chi connectivity index (χ0n) is 20.3. The van der Waals surface area contributed by atoms with E-state index in [2.05, 4.69) is 114 Å². The van der Waals surface area contributed by atoms with Crippen LogP contribution in [0.2, 0.25) is 9.50 Å². The van der Waals surface area contributed by atoms with Gasteiger partial charge in [-0.25, -0.2) is 0 Å². The molecule has 0 saturated heterocycles. The standard InChI is InChI=1S/C29H30GeO2S2/c1-19(28(31)32-5)18-30(29(2,3)4)33-24-16-14-20-10-6-8-12-22(20)26(24)27-23-13-9-7-11-21(23)15-17-25(27)34-30/h6-17,19H,18H2,1-5H3/t19-/m0/s1. The Morgan fingerprint density at radius 2 is 1.29 bits per heavy atom. The van der Waals surface area contributed by atoms with Crippen molar-refractivity contribution in [2.75, 3.05) is 7.11 Å². The average molecular weight is 547 g/mol. The maximum absolute atomic E-state index is 12.6. The zero-order valence-corrected chi connectivity index (χ0v) is 24.1. The van der Waals surface area contributed by atoms with Gasteiger partial charge in [0.25, 0.3) is 0 Å². The molecule has 0 fully saturated rings. The molecule has 34 heavy (non-hydrogen) atoms. The third kappa shape index (κ3) is 3.98. The van der Waals surface area contributed by atoms with Crippen molar-refractivity contribution >= 4 is 58.7 Å². The first kappa shape index (κ1) is 23.8. The van der Waals surface area contributed by atoms with Gasteiger partial charge in [0.05, 0.1) is 0 Å². The topological polar surface area (TPSA) is 26.3 Å². The van der Waals surface area contributed by atoms with E-state index in [1.165, 1.54) is 49.6 Å². The van der Waals surface area contributed by atoms with Crippen molar-refractivity contribution in [1.82, 2.24) is 0 Å². The normalized spacial score (nSPS) is 15.9. The van der Waals surface area contributed by atoms with Crippen molar-refractivity contribution < 1.29 is 9.53 Å². The molecule has 174 valence electrons. The molecular formula is C29H30GeO2S2. The molecule has 0 N–H and O–H groups in total. The number of rotatable bonds is 3. The molecule has 0 radical (unpaired) electrons. The summed E-state index contributed by atoms with van der Waals surface area (Å²) in [6.45, 7) is 9.18. The fourth-order valence-electron chi connectivity index (χ4n) is 4.95. The molecule has 0 amide bonds. The third-order valence-corrected chi connectivity index (χ3v) is 33.5. The molecule has 1 heterocycles. The van der Waals surface area contributed by atoms with E-state index in [0.717, 1.165) is 5.25 Å². The number of carbonyl (C=O) groups excluding carboxylic acids is 1. The van der Waals surface area contributed by atoms with Gasteiger partial charge in [-0.2, -0.15) is 0 Å². The summed E-state index contributed by atoms with van der Waals surface area (Å²) >= 11 is 0. The summed E-state index contributed by atoms with van der Waals surface area (Å²) in [7, 11) is 2.82. The van der Waals surface area contributed by atoms with E-state index in [1.807, 2.05) is 6.92 Å². The van der Waals surface area contributed by atoms with E-state index >= 15 is 0 Å². The molecule has 4 aromatic carbocycles. The van der Waals surface area contributed by atoms with Gasteiger partial charge in [0.1, 0.15) is 0 Å². The number of ether oxygens (including phenoxy) is 1. The van der Waals surface area contributed by atoms with Gasteiger partial charge in [0, 0.05) is 0 Å². The second-order valence-electron chi connectivity index (χ2n) is 10.2. The van der Waals surface area contributed by atoms with Gasteiger partial charge in [0.15, 0.2) is 0 Å². The number of hydrogen-bond acceptors (Lipinski definition) is 4. The van der Waals surface area contributed by atoms with Crippen molar-refractivity contribution in [3.8, 4) is 11.1 Å². The number of benzene rings is 4. The van der Waals surface area contributed by atoms with E-state index in [0.29, 0.717) is 0 Å². The van der Waals surface area contributed by atoms with Crippen LogP contribution in [-0.2, 0) is 9.53 Å². The van der Waals surface area contributed by atoms with Crippen LogP contribution in [0, 0.1) is 5.92 Å². The number of methoxy groups -OCH3 is 1. The molecule has 5 rings (SSSR count). The second-order valence-corrected chi connectivity index (χ2v) is 29.8. The molecule has 1 aliphatic heterocycles. The molecule has 0 bridgehead atoms. The van der Waals surface area contributed by atoms with E-state index in [4.69, 9.17) is 4.74 Å². The summed E-state index contributed by atoms with van der Waals surface area (Å²) in [6.07, 6.45) is 0. The number of carbonyl (C=O) groups is 1. The molecular weight excluding hydrogens is 517 g/mol. The van der Waals surface area contributed by atoms with Gasteiger partial charge < -0.3 is 0 Å². The van der Waals surface area contributed by atoms with Crippen LogP contribution in [0.25, 0.3) is 32.7 Å². The van der Waals surface area contributed by atoms with Gasteiger partial charge >= 0.3 is 212 Å². The molecule has 0 aromatic heterocycles. The van der Waals surface area contributed by atoms with Gasteiger partial charge in [-0.15, -0.1) is 0 Å². The van der Waals surface area contributed by atoms with Crippen LogP contribution < -0.4 is 0 Å². The first-order valence-corrected chi connectivity index (χ1v) is 21.0. The molecule has 0 spiro atoms. The van der Waals surface area contributed by atoms with Crippen LogP contribution in [0.1, 0.15) is 27.7 Å². The van der Waals surface area contributed by atoms with Gasteiger partial charge in [-0.05, 0) is 0 Å². The molecule has 5 heteroatoms. The first-order valence-electron chi connectivity index (χ1n) is 11.7. The van der Waals surface area contributed by atoms with Crippen LogP contribution in [0.5, 0.6) is 0 Å². The molecule has 0 aliphatic carbocycles. The Labute approximate surface area is 211 Å². The summed E-state index contributed by atoms with van der Waals surface area (Å²) in [5.74, 6) is -0.215. The SMILES string of the molecule is COC(=O)[C@@H](C)[CH2][Ge]1([C](C)(C)C)[S]c2ccc3ccccc3c2-c2c(ccc3ccccc23)[S]1. The fourth-order valence-corrected chi connectivity index (χ4v) is 28.5. The van der Waals surface area contributed by atoms with Crippen LogP contribution in [0.15, 0.2) is 82.6 Å². The average Bonchev–Trinajstić information content (AvgIpc) is 2.98.